The van der Waals surface area contributed by atoms with Gasteiger partial charge in [-0.2, -0.15) is 0 Å². The molecular weight excluding hydrogens is 440 g/mol. The van der Waals surface area contributed by atoms with Crippen molar-refractivity contribution in [2.75, 3.05) is 13.2 Å². The molecule has 0 saturated heterocycles. The fourth-order valence-corrected chi connectivity index (χ4v) is 3.39. The Morgan fingerprint density at radius 1 is 0.848 bits per heavy atom. The molecule has 0 radical (unpaired) electrons. The van der Waals surface area contributed by atoms with Crippen molar-refractivity contribution in [2.24, 2.45) is 0 Å². The van der Waals surface area contributed by atoms with Crippen molar-refractivity contribution in [3.63, 3.8) is 0 Å². The van der Waals surface area contributed by atoms with Crippen LogP contribution in [0.2, 0.25) is 0 Å². The lowest BCUT2D eigenvalue weighted by Gasteiger charge is -2.08. The summed E-state index contributed by atoms with van der Waals surface area (Å²) in [6.45, 7) is 7.56. The van der Waals surface area contributed by atoms with Crippen LogP contribution in [0, 0.1) is 12.3 Å². The van der Waals surface area contributed by atoms with Crippen LogP contribution in [0.3, 0.4) is 0 Å². The Kier molecular flexibility index (Phi) is 13.8. The van der Waals surface area contributed by atoms with Crippen molar-refractivity contribution in [2.45, 2.75) is 77.0 Å². The topological polar surface area (TPSA) is 104 Å². The molecule has 0 heterocycles. The maximum atomic E-state index is 10.4. The number of diazo groups is 1. The Morgan fingerprint density at radius 2 is 1.42 bits per heavy atom. The van der Waals surface area contributed by atoms with Crippen LogP contribution in [0.4, 0.5) is 5.69 Å². The first-order chi connectivity index (χ1) is 15.8. The molecule has 2 rings (SSSR count). The third-order valence-electron chi connectivity index (χ3n) is 4.87. The van der Waals surface area contributed by atoms with Gasteiger partial charge < -0.3 is 14.0 Å². The highest BCUT2D eigenvalue weighted by Crippen LogP contribution is 2.32. The molecule has 182 valence electrons. The average molecular weight is 477 g/mol. The van der Waals surface area contributed by atoms with E-state index >= 15 is 0 Å². The van der Waals surface area contributed by atoms with Crippen molar-refractivity contribution in [3.8, 4) is 11.5 Å². The van der Waals surface area contributed by atoms with Crippen LogP contribution in [0.25, 0.3) is 4.98 Å². The molecule has 2 aromatic carbocycles. The van der Waals surface area contributed by atoms with Gasteiger partial charge in [-0.3, -0.25) is 0 Å². The highest BCUT2D eigenvalue weighted by atomic mass is 32.2. The fraction of sp³-hybridized carbons (Fsp3) is 0.520. The van der Waals surface area contributed by atoms with E-state index in [9.17, 15) is 13.0 Å². The summed E-state index contributed by atoms with van der Waals surface area (Å²) in [6, 6.07) is 11.1. The number of benzene rings is 2. The monoisotopic (exact) mass is 476 g/mol. The lowest BCUT2D eigenvalue weighted by Crippen LogP contribution is -2.00. The third kappa shape index (κ3) is 12.3. The average Bonchev–Trinajstić information content (AvgIpc) is 2.79. The normalized spacial score (nSPS) is 10.6. The molecular formula is C25H36N2O5S. The standard InChI is InChI=1S/C18H29N2O2.C7H8O3S/c1-3-5-7-9-13-21-16-11-12-17(20-19)18(15-16)22-14-10-8-6-4-2;1-6-2-4-7(5-3-6)11(8,9)10/h11-12,15H,3-10,13-14H2,1-2H3;2-5H,1H3,(H,8,9,10)/q+1;/p-1. The predicted molar refractivity (Wildman–Crippen MR) is 130 cm³/mol. The second kappa shape index (κ2) is 16.1. The fourth-order valence-electron chi connectivity index (χ4n) is 2.92. The first-order valence-electron chi connectivity index (χ1n) is 11.6. The van der Waals surface area contributed by atoms with E-state index in [1.807, 2.05) is 19.1 Å². The summed E-state index contributed by atoms with van der Waals surface area (Å²) in [4.78, 5) is 3.09. The minimum absolute atomic E-state index is 0.178. The zero-order chi connectivity index (χ0) is 24.5. The Bertz CT molecular complexity index is 954. The summed E-state index contributed by atoms with van der Waals surface area (Å²) in [5.41, 5.74) is 1.38. The number of hydrogen-bond donors (Lipinski definition) is 0. The van der Waals surface area contributed by atoms with E-state index in [-0.39, 0.29) is 4.90 Å². The molecule has 0 amide bonds. The number of unbranched alkanes of at least 4 members (excludes halogenated alkanes) is 6. The van der Waals surface area contributed by atoms with Gasteiger partial charge in [-0.25, -0.2) is 8.42 Å². The zero-order valence-electron chi connectivity index (χ0n) is 20.0. The molecule has 7 nitrogen and oxygen atoms in total. The highest BCUT2D eigenvalue weighted by molar-refractivity contribution is 7.85. The summed E-state index contributed by atoms with van der Waals surface area (Å²) in [6.07, 6.45) is 9.34. The Labute approximate surface area is 198 Å². The second-order valence-corrected chi connectivity index (χ2v) is 9.19. The SMILES string of the molecule is CCCCCCOc1ccc([N+]#N)c(OCCCCCC)c1.Cc1ccc(S(=O)(=O)[O-])cc1. The summed E-state index contributed by atoms with van der Waals surface area (Å²) in [5.74, 6) is 1.36. The summed E-state index contributed by atoms with van der Waals surface area (Å²) < 4.78 is 42.6. The Hall–Kier alpha value is -2.63. The van der Waals surface area contributed by atoms with Crippen LogP contribution in [0.1, 0.15) is 70.8 Å². The first kappa shape index (κ1) is 28.4. The Balaban J connectivity index is 0.000000412. The Morgan fingerprint density at radius 3 is 1.94 bits per heavy atom. The van der Waals surface area contributed by atoms with Gasteiger partial charge in [0.1, 0.15) is 15.9 Å². The first-order valence-corrected chi connectivity index (χ1v) is 13.0. The molecule has 0 aliphatic carbocycles. The summed E-state index contributed by atoms with van der Waals surface area (Å²) >= 11 is 0. The minimum atomic E-state index is -4.27. The van der Waals surface area contributed by atoms with Crippen LogP contribution in [-0.2, 0) is 10.1 Å². The van der Waals surface area contributed by atoms with E-state index in [1.165, 1.54) is 44.2 Å². The van der Waals surface area contributed by atoms with Gasteiger partial charge in [0.2, 0.25) is 11.1 Å². The number of rotatable bonds is 13. The third-order valence-corrected chi connectivity index (χ3v) is 5.72. The van der Waals surface area contributed by atoms with Crippen LogP contribution in [0.15, 0.2) is 47.4 Å². The molecule has 0 unspecified atom stereocenters. The van der Waals surface area contributed by atoms with Crippen molar-refractivity contribution in [1.29, 1.82) is 5.39 Å². The molecule has 33 heavy (non-hydrogen) atoms. The van der Waals surface area contributed by atoms with Gasteiger partial charge in [-0.05, 0) is 38.0 Å². The molecule has 0 N–H and O–H groups in total. The van der Waals surface area contributed by atoms with Crippen molar-refractivity contribution in [1.82, 2.24) is 0 Å². The largest absolute Gasteiger partial charge is 0.744 e. The van der Waals surface area contributed by atoms with Gasteiger partial charge in [-0.15, -0.1) is 0 Å². The van der Waals surface area contributed by atoms with E-state index in [0.717, 1.165) is 30.6 Å². The number of ether oxygens (including phenoxy) is 2. The van der Waals surface area contributed by atoms with E-state index < -0.39 is 10.1 Å². The van der Waals surface area contributed by atoms with Gasteiger partial charge in [0.05, 0.1) is 18.1 Å². The molecule has 0 aliphatic rings. The predicted octanol–water partition coefficient (Wildman–Crippen LogP) is 6.99. The van der Waals surface area contributed by atoms with Gasteiger partial charge >= 0.3 is 5.69 Å². The lowest BCUT2D eigenvalue weighted by atomic mass is 10.2. The van der Waals surface area contributed by atoms with Gasteiger partial charge in [0.15, 0.2) is 4.98 Å². The molecule has 0 saturated carbocycles. The van der Waals surface area contributed by atoms with Crippen LogP contribution < -0.4 is 9.47 Å². The molecule has 0 aromatic heterocycles. The van der Waals surface area contributed by atoms with Crippen molar-refractivity contribution in [3.05, 3.63) is 53.0 Å². The molecule has 0 fully saturated rings. The van der Waals surface area contributed by atoms with E-state index in [1.54, 1.807) is 18.2 Å². The molecule has 0 bridgehead atoms. The number of hydrogen-bond acceptors (Lipinski definition) is 6. The van der Waals surface area contributed by atoms with E-state index in [4.69, 9.17) is 14.9 Å². The summed E-state index contributed by atoms with van der Waals surface area (Å²) in [7, 11) is -4.27. The zero-order valence-corrected chi connectivity index (χ0v) is 20.8. The minimum Gasteiger partial charge on any atom is -0.744 e. The maximum absolute atomic E-state index is 10.4. The van der Waals surface area contributed by atoms with Crippen LogP contribution in [0.5, 0.6) is 11.5 Å². The van der Waals surface area contributed by atoms with Crippen LogP contribution in [-0.4, -0.2) is 26.2 Å². The van der Waals surface area contributed by atoms with Gasteiger partial charge in [-0.1, -0.05) is 70.1 Å². The van der Waals surface area contributed by atoms with Gasteiger partial charge in [0.25, 0.3) is 0 Å². The van der Waals surface area contributed by atoms with E-state index in [0.29, 0.717) is 24.7 Å². The maximum Gasteiger partial charge on any atom is 0.426 e. The lowest BCUT2D eigenvalue weighted by molar-refractivity contribution is 0.291. The number of nitrogens with zero attached hydrogens (tertiary/aromatic N) is 2. The van der Waals surface area contributed by atoms with Crippen molar-refractivity contribution < 1.29 is 22.4 Å². The molecule has 2 aromatic rings. The van der Waals surface area contributed by atoms with Crippen LogP contribution >= 0.6 is 0 Å². The smallest absolute Gasteiger partial charge is 0.426 e. The quantitative estimate of drug-likeness (QED) is 0.175. The molecule has 0 aliphatic heterocycles. The molecule has 0 spiro atoms. The number of aryl methyl sites for hydroxylation is 1. The summed E-state index contributed by atoms with van der Waals surface area (Å²) in [5, 5.41) is 9.03. The second-order valence-electron chi connectivity index (χ2n) is 7.81. The molecule has 8 heteroatoms. The van der Waals surface area contributed by atoms with Crippen molar-refractivity contribution >= 4 is 15.8 Å². The van der Waals surface area contributed by atoms with E-state index in [2.05, 4.69) is 18.8 Å². The molecule has 0 atom stereocenters. The highest BCUT2D eigenvalue weighted by Gasteiger charge is 2.16. The van der Waals surface area contributed by atoms with Gasteiger partial charge in [0, 0.05) is 12.1 Å².